The summed E-state index contributed by atoms with van der Waals surface area (Å²) in [6.45, 7) is 8.20. The first kappa shape index (κ1) is 12.5. The monoisotopic (exact) mass is 249 g/mol. The van der Waals surface area contributed by atoms with E-state index in [0.29, 0.717) is 10.5 Å². The van der Waals surface area contributed by atoms with E-state index in [9.17, 15) is 4.79 Å². The summed E-state index contributed by atoms with van der Waals surface area (Å²) in [6, 6.07) is 7.94. The lowest BCUT2D eigenvalue weighted by atomic mass is 10.1. The summed E-state index contributed by atoms with van der Waals surface area (Å²) in [7, 11) is 0. The quantitative estimate of drug-likeness (QED) is 0.751. The predicted octanol–water partition coefficient (Wildman–Crippen LogP) is 3.22. The number of ketones is 1. The van der Waals surface area contributed by atoms with Gasteiger partial charge in [0.05, 0.1) is 0 Å². The van der Waals surface area contributed by atoms with Crippen LogP contribution in [0, 0.1) is 0 Å². The first-order chi connectivity index (χ1) is 8.08. The van der Waals surface area contributed by atoms with Crippen molar-refractivity contribution in [1.82, 2.24) is 0 Å². The number of Topliss-reactive ketones (excluding diaryl/α,β-unsaturated/α-hetero) is 1. The van der Waals surface area contributed by atoms with Gasteiger partial charge in [-0.2, -0.15) is 11.8 Å². The molecule has 0 radical (unpaired) electrons. The van der Waals surface area contributed by atoms with Gasteiger partial charge in [-0.15, -0.1) is 0 Å². The highest BCUT2D eigenvalue weighted by atomic mass is 32.2. The lowest BCUT2D eigenvalue weighted by Crippen LogP contribution is -2.41. The number of hydrogen-bond donors (Lipinski definition) is 0. The van der Waals surface area contributed by atoms with Gasteiger partial charge in [0.1, 0.15) is 0 Å². The molecule has 2 nitrogen and oxygen atoms in total. The molecule has 0 saturated carbocycles. The number of para-hydroxylation sites is 1. The summed E-state index contributed by atoms with van der Waals surface area (Å²) in [5.41, 5.74) is 1.94. The van der Waals surface area contributed by atoms with E-state index < -0.39 is 0 Å². The van der Waals surface area contributed by atoms with Crippen molar-refractivity contribution in [3.8, 4) is 0 Å². The van der Waals surface area contributed by atoms with E-state index in [0.717, 1.165) is 24.3 Å². The van der Waals surface area contributed by atoms with E-state index in [1.807, 2.05) is 30.0 Å². The van der Waals surface area contributed by atoms with Gasteiger partial charge in [0.2, 0.25) is 0 Å². The number of benzene rings is 1. The zero-order valence-corrected chi connectivity index (χ0v) is 11.5. The van der Waals surface area contributed by atoms with E-state index in [1.165, 1.54) is 0 Å². The molecule has 0 bridgehead atoms. The SMILES string of the molecule is CC(=O)c1ccccc1N1CC(C)SC(C)C1. The zero-order chi connectivity index (χ0) is 12.4. The summed E-state index contributed by atoms with van der Waals surface area (Å²) in [5.74, 6) is 0.152. The molecular weight excluding hydrogens is 230 g/mol. The van der Waals surface area contributed by atoms with Crippen LogP contribution in [-0.2, 0) is 0 Å². The lowest BCUT2D eigenvalue weighted by molar-refractivity contribution is 0.101. The van der Waals surface area contributed by atoms with Crippen LogP contribution in [0.3, 0.4) is 0 Å². The first-order valence-corrected chi connectivity index (χ1v) is 7.02. The second-order valence-corrected chi connectivity index (χ2v) is 6.62. The highest BCUT2D eigenvalue weighted by Crippen LogP contribution is 2.30. The smallest absolute Gasteiger partial charge is 0.161 e. The molecule has 3 heteroatoms. The molecule has 0 aliphatic carbocycles. The predicted molar refractivity (Wildman–Crippen MR) is 75.2 cm³/mol. The van der Waals surface area contributed by atoms with Gasteiger partial charge in [0, 0.05) is 34.8 Å². The normalized spacial score (nSPS) is 24.8. The van der Waals surface area contributed by atoms with Crippen LogP contribution in [0.25, 0.3) is 0 Å². The van der Waals surface area contributed by atoms with Gasteiger partial charge in [0.25, 0.3) is 0 Å². The van der Waals surface area contributed by atoms with Crippen LogP contribution in [0.2, 0.25) is 0 Å². The third kappa shape index (κ3) is 2.83. The Hall–Kier alpha value is -0.960. The maximum atomic E-state index is 11.6. The standard InChI is InChI=1S/C14H19NOS/c1-10-8-15(9-11(2)17-10)14-7-5-4-6-13(14)12(3)16/h4-7,10-11H,8-9H2,1-3H3. The molecule has 92 valence electrons. The molecule has 2 atom stereocenters. The first-order valence-electron chi connectivity index (χ1n) is 6.08. The number of thioether (sulfide) groups is 1. The molecule has 1 aliphatic rings. The average Bonchev–Trinajstić information content (AvgIpc) is 2.27. The summed E-state index contributed by atoms with van der Waals surface area (Å²) < 4.78 is 0. The molecule has 0 N–H and O–H groups in total. The molecule has 2 unspecified atom stereocenters. The van der Waals surface area contributed by atoms with E-state index in [4.69, 9.17) is 0 Å². The van der Waals surface area contributed by atoms with Crippen LogP contribution in [0.15, 0.2) is 24.3 Å². The minimum absolute atomic E-state index is 0.152. The lowest BCUT2D eigenvalue weighted by Gasteiger charge is -2.37. The maximum absolute atomic E-state index is 11.6. The minimum atomic E-state index is 0.152. The highest BCUT2D eigenvalue weighted by molar-refractivity contribution is 8.00. The number of nitrogens with zero attached hydrogens (tertiary/aromatic N) is 1. The Kier molecular flexibility index (Phi) is 3.77. The van der Waals surface area contributed by atoms with Crippen LogP contribution in [0.1, 0.15) is 31.1 Å². The van der Waals surface area contributed by atoms with Crippen molar-refractivity contribution >= 4 is 23.2 Å². The Bertz CT molecular complexity index is 408. The van der Waals surface area contributed by atoms with Crippen molar-refractivity contribution in [3.63, 3.8) is 0 Å². The fourth-order valence-electron chi connectivity index (χ4n) is 2.42. The Labute approximate surface area is 107 Å². The fourth-order valence-corrected chi connectivity index (χ4v) is 3.75. The second kappa shape index (κ2) is 5.13. The van der Waals surface area contributed by atoms with E-state index in [1.54, 1.807) is 6.92 Å². The van der Waals surface area contributed by atoms with Crippen LogP contribution in [0.5, 0.6) is 0 Å². The van der Waals surface area contributed by atoms with Crippen molar-refractivity contribution in [2.75, 3.05) is 18.0 Å². The average molecular weight is 249 g/mol. The number of carbonyl (C=O) groups excluding carboxylic acids is 1. The van der Waals surface area contributed by atoms with Crippen molar-refractivity contribution in [2.24, 2.45) is 0 Å². The molecule has 0 amide bonds. The molecule has 17 heavy (non-hydrogen) atoms. The van der Waals surface area contributed by atoms with E-state index in [2.05, 4.69) is 24.8 Å². The minimum Gasteiger partial charge on any atom is -0.369 e. The molecule has 1 fully saturated rings. The summed E-state index contributed by atoms with van der Waals surface area (Å²) in [4.78, 5) is 14.0. The molecule has 1 aromatic carbocycles. The van der Waals surface area contributed by atoms with Crippen molar-refractivity contribution < 1.29 is 4.79 Å². The van der Waals surface area contributed by atoms with Gasteiger partial charge >= 0.3 is 0 Å². The van der Waals surface area contributed by atoms with Crippen molar-refractivity contribution in [3.05, 3.63) is 29.8 Å². The van der Waals surface area contributed by atoms with Crippen molar-refractivity contribution in [2.45, 2.75) is 31.3 Å². The maximum Gasteiger partial charge on any atom is 0.161 e. The largest absolute Gasteiger partial charge is 0.369 e. The number of rotatable bonds is 2. The second-order valence-electron chi connectivity index (χ2n) is 4.74. The fraction of sp³-hybridized carbons (Fsp3) is 0.500. The molecule has 1 saturated heterocycles. The number of anilines is 1. The molecule has 1 aliphatic heterocycles. The van der Waals surface area contributed by atoms with Gasteiger partial charge in [-0.3, -0.25) is 4.79 Å². The van der Waals surface area contributed by atoms with Crippen molar-refractivity contribution in [1.29, 1.82) is 0 Å². The van der Waals surface area contributed by atoms with Crippen LogP contribution in [-0.4, -0.2) is 29.4 Å². The summed E-state index contributed by atoms with van der Waals surface area (Å²) in [5, 5.41) is 1.25. The van der Waals surface area contributed by atoms with Gasteiger partial charge in [0.15, 0.2) is 5.78 Å². The Morgan fingerprint density at radius 1 is 1.24 bits per heavy atom. The number of carbonyl (C=O) groups is 1. The van der Waals surface area contributed by atoms with E-state index in [-0.39, 0.29) is 5.78 Å². The Morgan fingerprint density at radius 3 is 2.41 bits per heavy atom. The molecular formula is C14H19NOS. The van der Waals surface area contributed by atoms with Crippen LogP contribution < -0.4 is 4.90 Å². The highest BCUT2D eigenvalue weighted by Gasteiger charge is 2.24. The molecule has 0 spiro atoms. The molecule has 1 aromatic rings. The number of hydrogen-bond acceptors (Lipinski definition) is 3. The van der Waals surface area contributed by atoms with Crippen LogP contribution >= 0.6 is 11.8 Å². The van der Waals surface area contributed by atoms with E-state index >= 15 is 0 Å². The summed E-state index contributed by atoms with van der Waals surface area (Å²) >= 11 is 2.03. The summed E-state index contributed by atoms with van der Waals surface area (Å²) in [6.07, 6.45) is 0. The topological polar surface area (TPSA) is 20.3 Å². The Balaban J connectivity index is 2.30. The van der Waals surface area contributed by atoms with Gasteiger partial charge in [-0.05, 0) is 19.1 Å². The third-order valence-corrected chi connectivity index (χ3v) is 4.27. The van der Waals surface area contributed by atoms with Gasteiger partial charge in [-0.1, -0.05) is 26.0 Å². The zero-order valence-electron chi connectivity index (χ0n) is 10.6. The Morgan fingerprint density at radius 2 is 1.82 bits per heavy atom. The molecule has 2 rings (SSSR count). The molecule has 1 heterocycles. The third-order valence-electron chi connectivity index (χ3n) is 3.04. The van der Waals surface area contributed by atoms with Crippen LogP contribution in [0.4, 0.5) is 5.69 Å². The van der Waals surface area contributed by atoms with Gasteiger partial charge < -0.3 is 4.90 Å². The molecule has 0 aromatic heterocycles. The van der Waals surface area contributed by atoms with Gasteiger partial charge in [-0.25, -0.2) is 0 Å².